The average molecular weight is 345 g/mol. The summed E-state index contributed by atoms with van der Waals surface area (Å²) in [5.41, 5.74) is 7.44. The van der Waals surface area contributed by atoms with Gasteiger partial charge < -0.3 is 9.72 Å². The molecule has 0 spiro atoms. The first-order chi connectivity index (χ1) is 12.4. The number of imidazole rings is 1. The summed E-state index contributed by atoms with van der Waals surface area (Å²) in [6, 6.07) is 9.12. The predicted molar refractivity (Wildman–Crippen MR) is 102 cm³/mol. The molecule has 26 heavy (non-hydrogen) atoms. The molecule has 3 heterocycles. The second kappa shape index (κ2) is 5.91. The lowest BCUT2D eigenvalue weighted by Crippen LogP contribution is -2.12. The molecule has 6 nitrogen and oxygen atoms in total. The number of hydrogen-bond donors (Lipinski definition) is 1. The zero-order chi connectivity index (χ0) is 18.4. The molecule has 3 aromatic heterocycles. The van der Waals surface area contributed by atoms with Gasteiger partial charge >= 0.3 is 0 Å². The minimum absolute atomic E-state index is 0.180. The molecular weight excluding hydrogens is 326 g/mol. The van der Waals surface area contributed by atoms with Crippen molar-refractivity contribution in [1.29, 1.82) is 0 Å². The first kappa shape index (κ1) is 16.2. The molecule has 0 aliphatic heterocycles. The van der Waals surface area contributed by atoms with Gasteiger partial charge in [0.1, 0.15) is 5.65 Å². The Bertz CT molecular complexity index is 1180. The number of fused-ring (bicyclic) bond motifs is 2. The van der Waals surface area contributed by atoms with E-state index in [2.05, 4.69) is 20.3 Å². The fraction of sp³-hybridized carbons (Fsp3) is 0.200. The second-order valence-electron chi connectivity index (χ2n) is 6.48. The number of nitrogens with zero attached hydrogens (tertiary/aromatic N) is 4. The fourth-order valence-corrected chi connectivity index (χ4v) is 2.93. The normalized spacial score (nSPS) is 11.2. The monoisotopic (exact) mass is 345 g/mol. The lowest BCUT2D eigenvalue weighted by atomic mass is 10.1. The molecule has 0 saturated heterocycles. The van der Waals surface area contributed by atoms with Crippen molar-refractivity contribution in [2.24, 2.45) is 0 Å². The van der Waals surface area contributed by atoms with E-state index in [0.29, 0.717) is 11.3 Å². The highest BCUT2D eigenvalue weighted by Crippen LogP contribution is 2.18. The van der Waals surface area contributed by atoms with Crippen LogP contribution in [0.4, 0.5) is 5.69 Å². The zero-order valence-electron chi connectivity index (χ0n) is 15.2. The molecule has 0 unspecified atom stereocenters. The van der Waals surface area contributed by atoms with Crippen LogP contribution in [0.2, 0.25) is 0 Å². The van der Waals surface area contributed by atoms with Crippen LogP contribution in [0, 0.1) is 27.7 Å². The molecule has 130 valence electrons. The maximum atomic E-state index is 12.7. The van der Waals surface area contributed by atoms with Crippen molar-refractivity contribution < 1.29 is 4.79 Å². The average Bonchev–Trinajstić information content (AvgIpc) is 2.90. The summed E-state index contributed by atoms with van der Waals surface area (Å²) in [6.07, 6.45) is 1.89. The van der Waals surface area contributed by atoms with Crippen molar-refractivity contribution in [1.82, 2.24) is 19.4 Å². The number of aromatic nitrogens is 4. The molecule has 4 aromatic rings. The number of rotatable bonds is 2. The topological polar surface area (TPSA) is 72.2 Å². The standard InChI is InChI=1S/C20H19N5O/c1-11-12(2)22-18-9-15(5-7-17(18)21-11)20(26)24-16-6-8-19-23-13(3)14(4)25(19)10-16/h5-10H,1-4H3,(H,24,26). The second-order valence-corrected chi connectivity index (χ2v) is 6.48. The molecular formula is C20H19N5O. The Balaban J connectivity index is 1.66. The largest absolute Gasteiger partial charge is 0.321 e. The third kappa shape index (κ3) is 2.69. The minimum Gasteiger partial charge on any atom is -0.321 e. The third-order valence-corrected chi connectivity index (χ3v) is 4.69. The fourth-order valence-electron chi connectivity index (χ4n) is 2.93. The lowest BCUT2D eigenvalue weighted by molar-refractivity contribution is 0.102. The van der Waals surface area contributed by atoms with Crippen LogP contribution in [0.25, 0.3) is 16.7 Å². The van der Waals surface area contributed by atoms with Crippen molar-refractivity contribution in [2.45, 2.75) is 27.7 Å². The van der Waals surface area contributed by atoms with Gasteiger partial charge in [-0.05, 0) is 58.0 Å². The van der Waals surface area contributed by atoms with E-state index in [1.54, 1.807) is 12.1 Å². The Hall–Kier alpha value is -3.28. The van der Waals surface area contributed by atoms with Gasteiger partial charge in [-0.2, -0.15) is 0 Å². The van der Waals surface area contributed by atoms with Gasteiger partial charge in [0, 0.05) is 17.5 Å². The van der Waals surface area contributed by atoms with Gasteiger partial charge in [0.2, 0.25) is 0 Å². The summed E-state index contributed by atoms with van der Waals surface area (Å²) < 4.78 is 1.98. The van der Waals surface area contributed by atoms with Crippen molar-refractivity contribution in [2.75, 3.05) is 5.32 Å². The smallest absolute Gasteiger partial charge is 0.255 e. The van der Waals surface area contributed by atoms with Gasteiger partial charge in [0.25, 0.3) is 5.91 Å². The van der Waals surface area contributed by atoms with Crippen LogP contribution in [0.1, 0.15) is 33.1 Å². The molecule has 0 bridgehead atoms. The van der Waals surface area contributed by atoms with Crippen LogP contribution in [0.3, 0.4) is 0 Å². The first-order valence-corrected chi connectivity index (χ1v) is 8.44. The number of carbonyl (C=O) groups excluding carboxylic acids is 1. The maximum Gasteiger partial charge on any atom is 0.255 e. The van der Waals surface area contributed by atoms with Gasteiger partial charge in [-0.15, -0.1) is 0 Å². The molecule has 1 aromatic carbocycles. The predicted octanol–water partition coefficient (Wildman–Crippen LogP) is 3.76. The van der Waals surface area contributed by atoms with Crippen molar-refractivity contribution in [3.05, 3.63) is 64.9 Å². The molecule has 4 rings (SSSR count). The molecule has 0 radical (unpaired) electrons. The number of hydrogen-bond acceptors (Lipinski definition) is 4. The van der Waals surface area contributed by atoms with Gasteiger partial charge in [-0.25, -0.2) is 15.0 Å². The number of pyridine rings is 1. The van der Waals surface area contributed by atoms with E-state index in [-0.39, 0.29) is 5.91 Å². The molecule has 0 aliphatic rings. The molecule has 6 heteroatoms. The van der Waals surface area contributed by atoms with Gasteiger partial charge in [0.05, 0.1) is 33.8 Å². The van der Waals surface area contributed by atoms with E-state index in [1.807, 2.05) is 56.5 Å². The van der Waals surface area contributed by atoms with Crippen LogP contribution in [0.15, 0.2) is 36.5 Å². The van der Waals surface area contributed by atoms with Crippen LogP contribution in [-0.4, -0.2) is 25.3 Å². The number of benzene rings is 1. The lowest BCUT2D eigenvalue weighted by Gasteiger charge is -2.08. The van der Waals surface area contributed by atoms with E-state index >= 15 is 0 Å². The summed E-state index contributed by atoms with van der Waals surface area (Å²) in [6.45, 7) is 7.82. The van der Waals surface area contributed by atoms with E-state index in [9.17, 15) is 4.79 Å². The molecule has 0 aliphatic carbocycles. The molecule has 1 N–H and O–H groups in total. The molecule has 1 amide bonds. The van der Waals surface area contributed by atoms with Crippen molar-refractivity contribution >= 4 is 28.3 Å². The number of amides is 1. The summed E-state index contributed by atoms with van der Waals surface area (Å²) in [5.74, 6) is -0.180. The summed E-state index contributed by atoms with van der Waals surface area (Å²) in [5, 5.41) is 2.94. The highest BCUT2D eigenvalue weighted by Gasteiger charge is 2.11. The number of aryl methyl sites for hydroxylation is 4. The minimum atomic E-state index is -0.180. The summed E-state index contributed by atoms with van der Waals surface area (Å²) in [4.78, 5) is 26.2. The van der Waals surface area contributed by atoms with Gasteiger partial charge in [0.15, 0.2) is 0 Å². The molecule has 0 fully saturated rings. The highest BCUT2D eigenvalue weighted by atomic mass is 16.1. The number of anilines is 1. The Labute approximate surface area is 150 Å². The van der Waals surface area contributed by atoms with Crippen molar-refractivity contribution in [3.63, 3.8) is 0 Å². The maximum absolute atomic E-state index is 12.7. The zero-order valence-corrected chi connectivity index (χ0v) is 15.2. The van der Waals surface area contributed by atoms with Crippen LogP contribution >= 0.6 is 0 Å². The van der Waals surface area contributed by atoms with E-state index in [0.717, 1.165) is 39.5 Å². The Morgan fingerprint density at radius 2 is 1.62 bits per heavy atom. The Morgan fingerprint density at radius 1 is 0.885 bits per heavy atom. The quantitative estimate of drug-likeness (QED) is 0.600. The SMILES string of the molecule is Cc1nc2ccc(C(=O)Nc3ccc4nc(C)c(C)n4c3)cc2nc1C. The van der Waals surface area contributed by atoms with Gasteiger partial charge in [-0.3, -0.25) is 4.79 Å². The van der Waals surface area contributed by atoms with Crippen LogP contribution in [0.5, 0.6) is 0 Å². The van der Waals surface area contributed by atoms with Crippen LogP contribution in [-0.2, 0) is 0 Å². The summed E-state index contributed by atoms with van der Waals surface area (Å²) >= 11 is 0. The van der Waals surface area contributed by atoms with Crippen molar-refractivity contribution in [3.8, 4) is 0 Å². The summed E-state index contributed by atoms with van der Waals surface area (Å²) in [7, 11) is 0. The Kier molecular flexibility index (Phi) is 3.68. The highest BCUT2D eigenvalue weighted by molar-refractivity contribution is 6.05. The molecule has 0 saturated carbocycles. The van der Waals surface area contributed by atoms with E-state index in [4.69, 9.17) is 0 Å². The molecule has 0 atom stereocenters. The third-order valence-electron chi connectivity index (χ3n) is 4.69. The van der Waals surface area contributed by atoms with E-state index in [1.165, 1.54) is 0 Å². The van der Waals surface area contributed by atoms with E-state index < -0.39 is 0 Å². The number of carbonyl (C=O) groups is 1. The van der Waals surface area contributed by atoms with Gasteiger partial charge in [-0.1, -0.05) is 0 Å². The Morgan fingerprint density at radius 3 is 2.38 bits per heavy atom. The number of nitrogens with one attached hydrogen (secondary N) is 1. The first-order valence-electron chi connectivity index (χ1n) is 8.44. The van der Waals surface area contributed by atoms with Crippen LogP contribution < -0.4 is 5.32 Å².